The summed E-state index contributed by atoms with van der Waals surface area (Å²) < 4.78 is 0. The maximum atomic E-state index is 10.2. The van der Waals surface area contributed by atoms with Crippen LogP contribution in [0.3, 0.4) is 0 Å². The number of aliphatic hydroxyl groups is 1. The van der Waals surface area contributed by atoms with Gasteiger partial charge in [0, 0.05) is 11.1 Å². The summed E-state index contributed by atoms with van der Waals surface area (Å²) in [6.07, 6.45) is 9.80. The second-order valence-electron chi connectivity index (χ2n) is 5.85. The molecule has 0 heterocycles. The van der Waals surface area contributed by atoms with Gasteiger partial charge in [-0.15, -0.1) is 0 Å². The Kier molecular flexibility index (Phi) is 6.85. The highest BCUT2D eigenvalue weighted by molar-refractivity contribution is 6.30. The van der Waals surface area contributed by atoms with Crippen LogP contribution in [0.15, 0.2) is 24.3 Å². The predicted molar refractivity (Wildman–Crippen MR) is 85.1 cm³/mol. The highest BCUT2D eigenvalue weighted by Crippen LogP contribution is 2.20. The summed E-state index contributed by atoms with van der Waals surface area (Å²) in [5.74, 6) is 0. The molecule has 0 spiro atoms. The fourth-order valence-electron chi connectivity index (χ4n) is 2.94. The van der Waals surface area contributed by atoms with Crippen molar-refractivity contribution in [1.82, 2.24) is 5.32 Å². The summed E-state index contributed by atoms with van der Waals surface area (Å²) in [6, 6.07) is 8.13. The molecule has 2 nitrogen and oxygen atoms in total. The molecule has 3 heteroatoms. The van der Waals surface area contributed by atoms with Gasteiger partial charge in [-0.2, -0.15) is 0 Å². The maximum absolute atomic E-state index is 10.2. The number of aliphatic hydroxyl groups excluding tert-OH is 1. The average Bonchev–Trinajstić information content (AvgIpc) is 2.41. The van der Waals surface area contributed by atoms with Crippen LogP contribution in [0.4, 0.5) is 0 Å². The molecule has 0 radical (unpaired) electrons. The van der Waals surface area contributed by atoms with Gasteiger partial charge in [-0.1, -0.05) is 55.8 Å². The Bertz CT molecular complexity index is 371. The Hall–Kier alpha value is -0.570. The lowest BCUT2D eigenvalue weighted by Crippen LogP contribution is -2.31. The van der Waals surface area contributed by atoms with E-state index in [1.165, 1.54) is 44.9 Å². The molecule has 20 heavy (non-hydrogen) atoms. The zero-order valence-corrected chi connectivity index (χ0v) is 12.9. The van der Waals surface area contributed by atoms with Gasteiger partial charge in [0.05, 0.1) is 6.10 Å². The number of hydrogen-bond acceptors (Lipinski definition) is 2. The van der Waals surface area contributed by atoms with Gasteiger partial charge in [-0.3, -0.25) is 0 Å². The molecule has 2 rings (SSSR count). The number of rotatable bonds is 5. The van der Waals surface area contributed by atoms with Crippen molar-refractivity contribution in [2.24, 2.45) is 0 Å². The molecule has 112 valence electrons. The molecule has 1 atom stereocenters. The van der Waals surface area contributed by atoms with E-state index in [1.807, 2.05) is 24.3 Å². The molecule has 1 saturated carbocycles. The van der Waals surface area contributed by atoms with E-state index in [2.05, 4.69) is 5.32 Å². The van der Waals surface area contributed by atoms with Crippen molar-refractivity contribution in [3.05, 3.63) is 34.9 Å². The number of nitrogens with one attached hydrogen (secondary N) is 1. The van der Waals surface area contributed by atoms with Crippen LogP contribution in [0, 0.1) is 0 Å². The SMILES string of the molecule is OC(CCNC1CCCCCCC1)c1ccc(Cl)cc1. The first kappa shape index (κ1) is 15.8. The normalized spacial score (nSPS) is 19.3. The Morgan fingerprint density at radius 3 is 2.30 bits per heavy atom. The fraction of sp³-hybridized carbons (Fsp3) is 0.647. The molecule has 0 bridgehead atoms. The molecule has 0 aliphatic heterocycles. The summed E-state index contributed by atoms with van der Waals surface area (Å²) in [5, 5.41) is 14.5. The highest BCUT2D eigenvalue weighted by atomic mass is 35.5. The van der Waals surface area contributed by atoms with Gasteiger partial charge in [0.1, 0.15) is 0 Å². The van der Waals surface area contributed by atoms with Crippen molar-refractivity contribution < 1.29 is 5.11 Å². The minimum absolute atomic E-state index is 0.395. The summed E-state index contributed by atoms with van der Waals surface area (Å²) >= 11 is 5.86. The van der Waals surface area contributed by atoms with Crippen molar-refractivity contribution >= 4 is 11.6 Å². The van der Waals surface area contributed by atoms with Crippen molar-refractivity contribution in [2.45, 2.75) is 63.5 Å². The zero-order valence-electron chi connectivity index (χ0n) is 12.2. The lowest BCUT2D eigenvalue weighted by atomic mass is 9.96. The van der Waals surface area contributed by atoms with E-state index >= 15 is 0 Å². The largest absolute Gasteiger partial charge is 0.388 e. The van der Waals surface area contributed by atoms with Crippen LogP contribution in [0.5, 0.6) is 0 Å². The molecule has 2 N–H and O–H groups in total. The van der Waals surface area contributed by atoms with E-state index in [0.717, 1.165) is 18.5 Å². The minimum atomic E-state index is -0.395. The molecule has 0 aromatic heterocycles. The number of hydrogen-bond donors (Lipinski definition) is 2. The van der Waals surface area contributed by atoms with Crippen molar-refractivity contribution in [1.29, 1.82) is 0 Å². The fourth-order valence-corrected chi connectivity index (χ4v) is 3.06. The second-order valence-corrected chi connectivity index (χ2v) is 6.29. The lowest BCUT2D eigenvalue weighted by Gasteiger charge is -2.22. The first-order chi connectivity index (χ1) is 9.75. The summed E-state index contributed by atoms with van der Waals surface area (Å²) in [7, 11) is 0. The summed E-state index contributed by atoms with van der Waals surface area (Å²) in [4.78, 5) is 0. The van der Waals surface area contributed by atoms with Crippen molar-refractivity contribution in [3.63, 3.8) is 0 Å². The smallest absolute Gasteiger partial charge is 0.0802 e. The third-order valence-corrected chi connectivity index (χ3v) is 4.46. The van der Waals surface area contributed by atoms with Crippen molar-refractivity contribution in [3.8, 4) is 0 Å². The Balaban J connectivity index is 1.70. The highest BCUT2D eigenvalue weighted by Gasteiger charge is 2.12. The Morgan fingerprint density at radius 1 is 1.05 bits per heavy atom. The van der Waals surface area contributed by atoms with E-state index in [1.54, 1.807) is 0 Å². The molecule has 1 aromatic carbocycles. The van der Waals surface area contributed by atoms with Gasteiger partial charge in [0.2, 0.25) is 0 Å². The third-order valence-electron chi connectivity index (χ3n) is 4.21. The van der Waals surface area contributed by atoms with Gasteiger partial charge < -0.3 is 10.4 Å². The molecule has 1 fully saturated rings. The van der Waals surface area contributed by atoms with E-state index < -0.39 is 6.10 Å². The molecule has 1 aliphatic carbocycles. The predicted octanol–water partition coefficient (Wildman–Crippen LogP) is 4.47. The average molecular weight is 296 g/mol. The second kappa shape index (κ2) is 8.66. The van der Waals surface area contributed by atoms with Crippen LogP contribution >= 0.6 is 11.6 Å². The maximum Gasteiger partial charge on any atom is 0.0802 e. The van der Waals surface area contributed by atoms with Crippen molar-refractivity contribution in [2.75, 3.05) is 6.54 Å². The van der Waals surface area contributed by atoms with Gasteiger partial charge in [0.15, 0.2) is 0 Å². The van der Waals surface area contributed by atoms with E-state index in [0.29, 0.717) is 11.1 Å². The van der Waals surface area contributed by atoms with Gasteiger partial charge >= 0.3 is 0 Å². The molecular weight excluding hydrogens is 270 g/mol. The van der Waals surface area contributed by atoms with Crippen LogP contribution < -0.4 is 5.32 Å². The Labute approximate surface area is 127 Å². The monoisotopic (exact) mass is 295 g/mol. The van der Waals surface area contributed by atoms with E-state index in [9.17, 15) is 5.11 Å². The molecule has 0 amide bonds. The molecule has 0 saturated heterocycles. The lowest BCUT2D eigenvalue weighted by molar-refractivity contribution is 0.164. The van der Waals surface area contributed by atoms with Crippen LogP contribution in [0.25, 0.3) is 0 Å². The number of halogens is 1. The minimum Gasteiger partial charge on any atom is -0.388 e. The van der Waals surface area contributed by atoms with Crippen LogP contribution in [0.1, 0.15) is 63.0 Å². The van der Waals surface area contributed by atoms with Gasteiger partial charge in [0.25, 0.3) is 0 Å². The Morgan fingerprint density at radius 2 is 1.65 bits per heavy atom. The number of benzene rings is 1. The van der Waals surface area contributed by atoms with E-state index in [-0.39, 0.29) is 0 Å². The molecular formula is C17H26ClNO. The van der Waals surface area contributed by atoms with E-state index in [4.69, 9.17) is 11.6 Å². The molecule has 1 aromatic rings. The van der Waals surface area contributed by atoms with Gasteiger partial charge in [-0.25, -0.2) is 0 Å². The van der Waals surface area contributed by atoms with Gasteiger partial charge in [-0.05, 0) is 43.5 Å². The first-order valence-electron chi connectivity index (χ1n) is 7.92. The van der Waals surface area contributed by atoms with Crippen LogP contribution in [-0.4, -0.2) is 17.7 Å². The van der Waals surface area contributed by atoms with Crippen LogP contribution in [-0.2, 0) is 0 Å². The molecule has 1 aliphatic rings. The first-order valence-corrected chi connectivity index (χ1v) is 8.30. The summed E-state index contributed by atoms with van der Waals surface area (Å²) in [5.41, 5.74) is 0.953. The van der Waals surface area contributed by atoms with Crippen LogP contribution in [0.2, 0.25) is 5.02 Å². The third kappa shape index (κ3) is 5.43. The summed E-state index contributed by atoms with van der Waals surface area (Å²) in [6.45, 7) is 0.883. The molecule has 1 unspecified atom stereocenters. The topological polar surface area (TPSA) is 32.3 Å². The quantitative estimate of drug-likeness (QED) is 0.840. The zero-order chi connectivity index (χ0) is 14.2. The standard InChI is InChI=1S/C17H26ClNO/c18-15-10-8-14(9-11-15)17(20)12-13-19-16-6-4-2-1-3-5-7-16/h8-11,16-17,19-20H,1-7,12-13H2.